The summed E-state index contributed by atoms with van der Waals surface area (Å²) in [7, 11) is 0. The molecule has 0 fully saturated rings. The van der Waals surface area contributed by atoms with Crippen LogP contribution in [0.5, 0.6) is 0 Å². The Morgan fingerprint density at radius 2 is 2.46 bits per heavy atom. The highest BCUT2D eigenvalue weighted by molar-refractivity contribution is 7.78. The number of rotatable bonds is 2. The van der Waals surface area contributed by atoms with Gasteiger partial charge in [-0.1, -0.05) is 11.1 Å². The molecule has 0 radical (unpaired) electrons. The third-order valence-corrected chi connectivity index (χ3v) is 2.26. The van der Waals surface area contributed by atoms with Crippen LogP contribution in [-0.2, 0) is 16.8 Å². The molecule has 0 aliphatic rings. The molecule has 0 saturated heterocycles. The van der Waals surface area contributed by atoms with Crippen molar-refractivity contribution in [2.45, 2.75) is 5.75 Å². The van der Waals surface area contributed by atoms with Gasteiger partial charge in [0.15, 0.2) is 0 Å². The molecule has 0 bridgehead atoms. The van der Waals surface area contributed by atoms with Crippen molar-refractivity contribution in [3.63, 3.8) is 0 Å². The van der Waals surface area contributed by atoms with Crippen molar-refractivity contribution in [3.05, 3.63) is 24.3 Å². The minimum atomic E-state index is -2.08. The molecule has 0 aliphatic carbocycles. The van der Waals surface area contributed by atoms with Gasteiger partial charge in [0, 0.05) is 23.5 Å². The quantitative estimate of drug-likeness (QED) is 0.702. The van der Waals surface area contributed by atoms with Crippen LogP contribution in [0.3, 0.4) is 0 Å². The zero-order valence-corrected chi connectivity index (χ0v) is 7.37. The van der Waals surface area contributed by atoms with Gasteiger partial charge in [-0.2, -0.15) is 0 Å². The predicted molar refractivity (Wildman–Crippen MR) is 46.5 cm³/mol. The van der Waals surface area contributed by atoms with Crippen LogP contribution in [0.4, 0.5) is 0 Å². The van der Waals surface area contributed by atoms with Crippen molar-refractivity contribution in [2.24, 2.45) is 0 Å². The Balaban J connectivity index is 2.51. The molecular weight excluding hydrogens is 190 g/mol. The summed E-state index contributed by atoms with van der Waals surface area (Å²) in [6.07, 6.45) is 4.65. The highest BCUT2D eigenvalue weighted by Crippen LogP contribution is 2.15. The van der Waals surface area contributed by atoms with Crippen LogP contribution in [0.2, 0.25) is 0 Å². The molecule has 2 heterocycles. The molecular formula is C7H6N3O2S-. The van der Waals surface area contributed by atoms with E-state index in [1.807, 2.05) is 0 Å². The Hall–Kier alpha value is -1.27. The number of hydrogen-bond donors (Lipinski definition) is 1. The molecule has 2 aromatic heterocycles. The van der Waals surface area contributed by atoms with E-state index in [0.29, 0.717) is 11.2 Å². The first-order chi connectivity index (χ1) is 6.27. The Labute approximate surface area is 76.5 Å². The van der Waals surface area contributed by atoms with Crippen molar-refractivity contribution >= 4 is 22.1 Å². The third kappa shape index (κ3) is 1.58. The highest BCUT2D eigenvalue weighted by Gasteiger charge is 2.03. The first-order valence-corrected chi connectivity index (χ1v) is 4.83. The Kier molecular flexibility index (Phi) is 2.07. The summed E-state index contributed by atoms with van der Waals surface area (Å²) in [4.78, 5) is 10.6. The summed E-state index contributed by atoms with van der Waals surface area (Å²) in [5, 5.41) is 0.756. The average Bonchev–Trinajstić information content (AvgIpc) is 2.48. The molecule has 2 rings (SSSR count). The van der Waals surface area contributed by atoms with E-state index in [4.69, 9.17) is 0 Å². The van der Waals surface area contributed by atoms with E-state index in [1.165, 1.54) is 6.33 Å². The van der Waals surface area contributed by atoms with Crippen LogP contribution in [0.15, 0.2) is 18.7 Å². The number of hydrogen-bond acceptors (Lipinski definition) is 4. The molecule has 6 heteroatoms. The van der Waals surface area contributed by atoms with Gasteiger partial charge in [0.1, 0.15) is 12.0 Å². The average molecular weight is 196 g/mol. The Bertz CT molecular complexity index is 454. The molecule has 0 saturated carbocycles. The zero-order valence-electron chi connectivity index (χ0n) is 6.56. The SMILES string of the molecule is O=S([O-])Cc1c[nH]c2ncncc12. The minimum Gasteiger partial charge on any atom is -0.772 e. The van der Waals surface area contributed by atoms with Crippen LogP contribution in [0.25, 0.3) is 11.0 Å². The molecule has 2 aromatic rings. The molecule has 1 atom stereocenters. The second kappa shape index (κ2) is 3.23. The molecule has 0 spiro atoms. The lowest BCUT2D eigenvalue weighted by atomic mass is 10.3. The number of aromatic nitrogens is 3. The number of fused-ring (bicyclic) bond motifs is 1. The monoisotopic (exact) mass is 196 g/mol. The van der Waals surface area contributed by atoms with Gasteiger partial charge in [-0.3, -0.25) is 4.21 Å². The van der Waals surface area contributed by atoms with E-state index in [1.54, 1.807) is 12.4 Å². The lowest BCUT2D eigenvalue weighted by Gasteiger charge is -2.01. The van der Waals surface area contributed by atoms with Crippen molar-refractivity contribution in [2.75, 3.05) is 0 Å². The molecule has 0 aromatic carbocycles. The maximum absolute atomic E-state index is 10.5. The normalized spacial score (nSPS) is 13.3. The largest absolute Gasteiger partial charge is 0.772 e. The standard InChI is InChI=1S/C7H7N3O2S/c11-13(12)3-5-1-9-7-6(5)2-8-4-10-7/h1-2,4H,3H2,(H,11,12)(H,8,9,10)/p-1. The van der Waals surface area contributed by atoms with Crippen LogP contribution in [-0.4, -0.2) is 23.7 Å². The van der Waals surface area contributed by atoms with Crippen molar-refractivity contribution in [1.82, 2.24) is 15.0 Å². The van der Waals surface area contributed by atoms with Gasteiger partial charge in [0.25, 0.3) is 0 Å². The van der Waals surface area contributed by atoms with Crippen LogP contribution < -0.4 is 0 Å². The van der Waals surface area contributed by atoms with Crippen LogP contribution in [0, 0.1) is 0 Å². The summed E-state index contributed by atoms with van der Waals surface area (Å²) < 4.78 is 20.9. The lowest BCUT2D eigenvalue weighted by Crippen LogP contribution is -1.91. The van der Waals surface area contributed by atoms with Crippen molar-refractivity contribution in [3.8, 4) is 0 Å². The van der Waals surface area contributed by atoms with Gasteiger partial charge < -0.3 is 9.54 Å². The summed E-state index contributed by atoms with van der Waals surface area (Å²) >= 11 is -2.08. The van der Waals surface area contributed by atoms with E-state index in [2.05, 4.69) is 15.0 Å². The van der Waals surface area contributed by atoms with E-state index in [-0.39, 0.29) is 5.75 Å². The Morgan fingerprint density at radius 3 is 3.23 bits per heavy atom. The molecule has 1 N–H and O–H groups in total. The lowest BCUT2D eigenvalue weighted by molar-refractivity contribution is 0.536. The fourth-order valence-electron chi connectivity index (χ4n) is 1.16. The second-order valence-electron chi connectivity index (χ2n) is 2.55. The van der Waals surface area contributed by atoms with Crippen molar-refractivity contribution in [1.29, 1.82) is 0 Å². The van der Waals surface area contributed by atoms with Crippen LogP contribution >= 0.6 is 0 Å². The molecule has 68 valence electrons. The number of H-pyrrole nitrogens is 1. The van der Waals surface area contributed by atoms with Gasteiger partial charge in [0.2, 0.25) is 0 Å². The maximum atomic E-state index is 10.5. The van der Waals surface area contributed by atoms with Gasteiger partial charge in [0.05, 0.1) is 0 Å². The molecule has 1 unspecified atom stereocenters. The predicted octanol–water partition coefficient (Wildman–Crippen LogP) is 0.337. The van der Waals surface area contributed by atoms with Gasteiger partial charge >= 0.3 is 0 Å². The number of nitrogens with one attached hydrogen (secondary N) is 1. The minimum absolute atomic E-state index is 0.00657. The topological polar surface area (TPSA) is 81.7 Å². The molecule has 13 heavy (non-hydrogen) atoms. The summed E-state index contributed by atoms with van der Waals surface area (Å²) in [5.41, 5.74) is 1.36. The van der Waals surface area contributed by atoms with Crippen molar-refractivity contribution < 1.29 is 8.76 Å². The first-order valence-electron chi connectivity index (χ1n) is 3.59. The van der Waals surface area contributed by atoms with E-state index in [9.17, 15) is 8.76 Å². The molecule has 5 nitrogen and oxygen atoms in total. The maximum Gasteiger partial charge on any atom is 0.140 e. The van der Waals surface area contributed by atoms with E-state index >= 15 is 0 Å². The summed E-state index contributed by atoms with van der Waals surface area (Å²) in [5.74, 6) is -0.00657. The second-order valence-corrected chi connectivity index (χ2v) is 3.44. The third-order valence-electron chi connectivity index (χ3n) is 1.71. The molecule has 0 aliphatic heterocycles. The molecule has 0 amide bonds. The summed E-state index contributed by atoms with van der Waals surface area (Å²) in [6.45, 7) is 0. The van der Waals surface area contributed by atoms with Gasteiger partial charge in [-0.25, -0.2) is 9.97 Å². The first kappa shape index (κ1) is 8.33. The number of nitrogens with zero attached hydrogens (tertiary/aromatic N) is 2. The van der Waals surface area contributed by atoms with Gasteiger partial charge in [-0.05, 0) is 5.56 Å². The smallest absolute Gasteiger partial charge is 0.140 e. The fourth-order valence-corrected chi connectivity index (χ4v) is 1.65. The fraction of sp³-hybridized carbons (Fsp3) is 0.143. The number of aromatic amines is 1. The highest BCUT2D eigenvalue weighted by atomic mass is 32.2. The zero-order chi connectivity index (χ0) is 9.26. The van der Waals surface area contributed by atoms with Crippen LogP contribution in [0.1, 0.15) is 5.56 Å². The van der Waals surface area contributed by atoms with E-state index < -0.39 is 11.1 Å². The Morgan fingerprint density at radius 1 is 1.62 bits per heavy atom. The van der Waals surface area contributed by atoms with Gasteiger partial charge in [-0.15, -0.1) is 0 Å². The van der Waals surface area contributed by atoms with E-state index in [0.717, 1.165) is 5.39 Å². The summed E-state index contributed by atoms with van der Waals surface area (Å²) in [6, 6.07) is 0.